The fourth-order valence-electron chi connectivity index (χ4n) is 7.15. The quantitative estimate of drug-likeness (QED) is 0.102. The number of amides is 3. The van der Waals surface area contributed by atoms with E-state index in [1.165, 1.54) is 4.68 Å². The predicted molar refractivity (Wildman–Crippen MR) is 237 cm³/mol. The molecular weight excluding hydrogens is 763 g/mol. The number of carbonyl (C=O) groups is 3. The smallest absolute Gasteiger partial charge is 0.410 e. The van der Waals surface area contributed by atoms with Crippen LogP contribution in [-0.4, -0.2) is 85.1 Å². The SMILES string of the molecule is Cc1nn(COCCS(C)(C)C)c(C)c1-c1ccc(NC(=O)C(CCCc2ccc(-c3ccc4c(c3)CN(C(=O)OC(C)(C)C)C4)cc2)NC(=O)c2ccnn2C)cc1. The lowest BCUT2D eigenvalue weighted by atomic mass is 9.98. The number of hydrogen-bond acceptors (Lipinski definition) is 7. The number of aromatic nitrogens is 4. The highest BCUT2D eigenvalue weighted by molar-refractivity contribution is 8.32. The Morgan fingerprint density at radius 3 is 2.22 bits per heavy atom. The molecule has 1 unspecified atom stereocenters. The molecule has 0 aliphatic carbocycles. The van der Waals surface area contributed by atoms with Crippen LogP contribution in [0.5, 0.6) is 0 Å². The number of ether oxygens (including phenoxy) is 2. The van der Waals surface area contributed by atoms with Crippen molar-refractivity contribution in [1.29, 1.82) is 0 Å². The van der Waals surface area contributed by atoms with Gasteiger partial charge in [-0.3, -0.25) is 19.2 Å². The molecule has 2 aromatic heterocycles. The third-order valence-electron chi connectivity index (χ3n) is 10.4. The van der Waals surface area contributed by atoms with Crippen LogP contribution in [0.25, 0.3) is 22.3 Å². The summed E-state index contributed by atoms with van der Waals surface area (Å²) in [6.07, 6.45) is 9.94. The molecule has 1 aliphatic heterocycles. The van der Waals surface area contributed by atoms with Gasteiger partial charge < -0.3 is 20.1 Å². The van der Waals surface area contributed by atoms with E-state index in [-0.39, 0.29) is 17.9 Å². The van der Waals surface area contributed by atoms with Crippen molar-refractivity contribution >= 4 is 33.6 Å². The van der Waals surface area contributed by atoms with Gasteiger partial charge in [-0.2, -0.15) is 10.2 Å². The molecule has 0 bridgehead atoms. The van der Waals surface area contributed by atoms with E-state index in [2.05, 4.69) is 77.0 Å². The lowest BCUT2D eigenvalue weighted by molar-refractivity contribution is -0.118. The Morgan fingerprint density at radius 2 is 1.56 bits per heavy atom. The second-order valence-electron chi connectivity index (χ2n) is 17.2. The normalized spacial score (nSPS) is 13.5. The Morgan fingerprint density at radius 1 is 0.881 bits per heavy atom. The number of fused-ring (bicyclic) bond motifs is 1. The van der Waals surface area contributed by atoms with E-state index < -0.39 is 21.7 Å². The fraction of sp³-hybridized carbons (Fsp3) is 0.413. The molecule has 6 rings (SSSR count). The molecule has 3 amide bonds. The molecule has 3 heterocycles. The van der Waals surface area contributed by atoms with Gasteiger partial charge in [0.2, 0.25) is 5.91 Å². The average Bonchev–Trinajstić information content (AvgIpc) is 3.88. The van der Waals surface area contributed by atoms with E-state index in [1.807, 2.05) is 63.6 Å². The number of nitrogens with zero attached hydrogens (tertiary/aromatic N) is 5. The van der Waals surface area contributed by atoms with Gasteiger partial charge in [0.25, 0.3) is 5.91 Å². The van der Waals surface area contributed by atoms with Crippen LogP contribution in [0.1, 0.15) is 72.2 Å². The summed E-state index contributed by atoms with van der Waals surface area (Å²) in [6.45, 7) is 11.8. The molecule has 0 saturated carbocycles. The molecule has 13 heteroatoms. The van der Waals surface area contributed by atoms with Crippen LogP contribution >= 0.6 is 10.0 Å². The molecule has 12 nitrogen and oxygen atoms in total. The highest BCUT2D eigenvalue weighted by Gasteiger charge is 2.28. The molecule has 59 heavy (non-hydrogen) atoms. The number of rotatable bonds is 15. The summed E-state index contributed by atoms with van der Waals surface area (Å²) in [5.41, 5.74) is 9.99. The molecule has 3 aromatic carbocycles. The minimum absolute atomic E-state index is 0.292. The largest absolute Gasteiger partial charge is 0.444 e. The summed E-state index contributed by atoms with van der Waals surface area (Å²) in [7, 11) is 1.08. The molecule has 0 spiro atoms. The summed E-state index contributed by atoms with van der Waals surface area (Å²) in [5, 5.41) is 14.8. The number of carbonyl (C=O) groups excluding carboxylic acids is 3. The van der Waals surface area contributed by atoms with Crippen molar-refractivity contribution in [1.82, 2.24) is 29.8 Å². The van der Waals surface area contributed by atoms with Gasteiger partial charge in [0, 0.05) is 49.0 Å². The maximum absolute atomic E-state index is 13.8. The lowest BCUT2D eigenvalue weighted by Crippen LogP contribution is -2.44. The standard InChI is InChI=1S/C46H59N7O5S/c1-31-42(32(2)53(50-31)30-57-25-26-59(7,8)9)35-19-21-39(22-20-35)48-43(54)40(49-44(55)41-23-24-47-51(41)6)12-10-11-33-13-15-34(16-14-33)36-17-18-37-28-52(29-38(37)27-36)45(56)58-46(3,4)5/h13-24,27,40H,10-12,25-26,28-30H2,1-9H3,(H,48,54)(H,49,55). The Kier molecular flexibility index (Phi) is 13.4. The molecule has 314 valence electrons. The molecule has 0 fully saturated rings. The van der Waals surface area contributed by atoms with Crippen molar-refractivity contribution in [2.45, 2.75) is 85.3 Å². The Balaban J connectivity index is 1.07. The van der Waals surface area contributed by atoms with E-state index in [1.54, 1.807) is 24.2 Å². The van der Waals surface area contributed by atoms with Crippen molar-refractivity contribution < 1.29 is 23.9 Å². The molecule has 1 aliphatic rings. The number of anilines is 1. The third kappa shape index (κ3) is 11.4. The Labute approximate surface area is 350 Å². The van der Waals surface area contributed by atoms with Crippen molar-refractivity contribution in [2.75, 3.05) is 36.4 Å². The zero-order valence-corrected chi connectivity index (χ0v) is 36.7. The summed E-state index contributed by atoms with van der Waals surface area (Å²) in [5.74, 6) is 0.395. The monoisotopic (exact) mass is 821 g/mol. The van der Waals surface area contributed by atoms with Gasteiger partial charge in [0.05, 0.1) is 12.3 Å². The van der Waals surface area contributed by atoms with E-state index in [0.29, 0.717) is 50.7 Å². The van der Waals surface area contributed by atoms with E-state index in [9.17, 15) is 14.4 Å². The zero-order chi connectivity index (χ0) is 42.5. The maximum atomic E-state index is 13.8. The van der Waals surface area contributed by atoms with Gasteiger partial charge in [-0.15, -0.1) is 0 Å². The van der Waals surface area contributed by atoms with Gasteiger partial charge in [-0.1, -0.05) is 48.5 Å². The van der Waals surface area contributed by atoms with Gasteiger partial charge >= 0.3 is 6.09 Å². The predicted octanol–water partition coefficient (Wildman–Crippen LogP) is 8.25. The van der Waals surface area contributed by atoms with Gasteiger partial charge in [-0.25, -0.2) is 19.5 Å². The highest BCUT2D eigenvalue weighted by atomic mass is 32.3. The zero-order valence-electron chi connectivity index (χ0n) is 35.9. The Hall–Kier alpha value is -5.40. The minimum Gasteiger partial charge on any atom is -0.444 e. The molecule has 0 radical (unpaired) electrons. The molecule has 0 saturated heterocycles. The van der Waals surface area contributed by atoms with Gasteiger partial charge in [-0.05, 0) is 130 Å². The number of benzene rings is 3. The van der Waals surface area contributed by atoms with Crippen LogP contribution in [0.4, 0.5) is 10.5 Å². The van der Waals surface area contributed by atoms with Crippen LogP contribution < -0.4 is 10.6 Å². The number of aryl methyl sites for hydroxylation is 3. The van der Waals surface area contributed by atoms with E-state index >= 15 is 0 Å². The molecular formula is C46H59N7O5S. The minimum atomic E-state index is -0.773. The highest BCUT2D eigenvalue weighted by Crippen LogP contribution is 2.34. The van der Waals surface area contributed by atoms with Crippen LogP contribution in [0.3, 0.4) is 0 Å². The first kappa shape index (κ1) is 43.2. The molecule has 2 N–H and O–H groups in total. The van der Waals surface area contributed by atoms with Gasteiger partial charge in [0.1, 0.15) is 24.1 Å². The number of hydrogen-bond donors (Lipinski definition) is 2. The topological polar surface area (TPSA) is 133 Å². The van der Waals surface area contributed by atoms with Gasteiger partial charge in [0.15, 0.2) is 0 Å². The Bertz CT molecular complexity index is 2270. The maximum Gasteiger partial charge on any atom is 0.410 e. The van der Waals surface area contributed by atoms with Crippen LogP contribution in [0, 0.1) is 13.8 Å². The van der Waals surface area contributed by atoms with Crippen LogP contribution in [0.2, 0.25) is 0 Å². The second kappa shape index (κ2) is 18.3. The fourth-order valence-corrected chi connectivity index (χ4v) is 7.77. The first-order valence-electron chi connectivity index (χ1n) is 20.1. The summed E-state index contributed by atoms with van der Waals surface area (Å²) in [4.78, 5) is 41.5. The van der Waals surface area contributed by atoms with E-state index in [4.69, 9.17) is 14.6 Å². The van der Waals surface area contributed by atoms with Crippen molar-refractivity contribution in [3.63, 3.8) is 0 Å². The summed E-state index contributed by atoms with van der Waals surface area (Å²) >= 11 is 0. The first-order chi connectivity index (χ1) is 27.9. The van der Waals surface area contributed by atoms with Crippen molar-refractivity contribution in [3.05, 3.63) is 113 Å². The van der Waals surface area contributed by atoms with E-state index in [0.717, 1.165) is 62.5 Å². The lowest BCUT2D eigenvalue weighted by Gasteiger charge is -2.24. The van der Waals surface area contributed by atoms with Crippen LogP contribution in [0.15, 0.2) is 79.0 Å². The van der Waals surface area contributed by atoms with Crippen LogP contribution in [-0.2, 0) is 47.6 Å². The number of nitrogens with one attached hydrogen (secondary N) is 2. The van der Waals surface area contributed by atoms with Crippen molar-refractivity contribution in [2.24, 2.45) is 7.05 Å². The summed E-state index contributed by atoms with van der Waals surface area (Å²) in [6, 6.07) is 23.3. The molecule has 5 aromatic rings. The van der Waals surface area contributed by atoms with Crippen molar-refractivity contribution in [3.8, 4) is 22.3 Å². The first-order valence-corrected chi connectivity index (χ1v) is 23.1. The summed E-state index contributed by atoms with van der Waals surface area (Å²) < 4.78 is 14.9. The average molecular weight is 822 g/mol. The molecule has 1 atom stereocenters. The second-order valence-corrected chi connectivity index (χ2v) is 21.8. The third-order valence-corrected chi connectivity index (χ3v) is 11.8.